The normalized spacial score (nSPS) is 11.0. The molecule has 0 atom stereocenters. The Balaban J connectivity index is 1.55. The quantitative estimate of drug-likeness (QED) is 0.280. The molecule has 3 heterocycles. The van der Waals surface area contributed by atoms with Gasteiger partial charge in [0.15, 0.2) is 10.9 Å². The molecule has 0 aliphatic heterocycles. The van der Waals surface area contributed by atoms with Crippen molar-refractivity contribution in [3.8, 4) is 17.3 Å². The lowest BCUT2D eigenvalue weighted by Gasteiger charge is -2.11. The number of thiazole rings is 1. The lowest BCUT2D eigenvalue weighted by molar-refractivity contribution is 0.0948. The second-order valence-corrected chi connectivity index (χ2v) is 8.82. The van der Waals surface area contributed by atoms with E-state index in [0.717, 1.165) is 34.3 Å². The van der Waals surface area contributed by atoms with Crippen LogP contribution in [-0.4, -0.2) is 32.2 Å². The van der Waals surface area contributed by atoms with Crippen LogP contribution < -0.4 is 5.32 Å². The summed E-state index contributed by atoms with van der Waals surface area (Å²) in [6.07, 6.45) is 3.63. The Morgan fingerprint density at radius 2 is 2.10 bits per heavy atom. The van der Waals surface area contributed by atoms with Gasteiger partial charge in [0, 0.05) is 11.9 Å². The van der Waals surface area contributed by atoms with E-state index in [1.54, 1.807) is 11.6 Å². The Morgan fingerprint density at radius 3 is 2.87 bits per heavy atom. The van der Waals surface area contributed by atoms with Gasteiger partial charge < -0.3 is 9.73 Å². The van der Waals surface area contributed by atoms with Gasteiger partial charge in [-0.2, -0.15) is 0 Å². The van der Waals surface area contributed by atoms with Gasteiger partial charge in [0.1, 0.15) is 10.7 Å². The third-order valence-electron chi connectivity index (χ3n) is 4.66. The van der Waals surface area contributed by atoms with Gasteiger partial charge in [-0.25, -0.2) is 4.98 Å². The fourth-order valence-electron chi connectivity index (χ4n) is 3.04. The number of amides is 1. The van der Waals surface area contributed by atoms with E-state index in [4.69, 9.17) is 4.42 Å². The van der Waals surface area contributed by atoms with Crippen LogP contribution in [0.1, 0.15) is 40.8 Å². The van der Waals surface area contributed by atoms with Crippen LogP contribution in [0, 0.1) is 6.92 Å². The standard InChI is InChI=1S/C22H23N5O2S2/c1-3-4-11-23-21(28)16-13-30-19(24-16)14-31-22-26-25-20(18-10-7-12-29-18)27(22)17-9-6-5-8-15(17)2/h5-10,12-13H,3-4,11,14H2,1-2H3,(H,23,28). The molecule has 31 heavy (non-hydrogen) atoms. The first-order valence-corrected chi connectivity index (χ1v) is 11.9. The molecule has 1 N–H and O–H groups in total. The van der Waals surface area contributed by atoms with E-state index >= 15 is 0 Å². The number of hydrogen-bond acceptors (Lipinski definition) is 7. The number of nitrogens with one attached hydrogen (secondary N) is 1. The third kappa shape index (κ3) is 4.88. The fraction of sp³-hybridized carbons (Fsp3) is 0.273. The van der Waals surface area contributed by atoms with Crippen molar-refractivity contribution in [1.82, 2.24) is 25.1 Å². The van der Waals surface area contributed by atoms with Crippen LogP contribution in [0.4, 0.5) is 0 Å². The molecule has 160 valence electrons. The first kappa shape index (κ1) is 21.3. The fourth-order valence-corrected chi connectivity index (χ4v) is 4.77. The Kier molecular flexibility index (Phi) is 6.83. The zero-order valence-corrected chi connectivity index (χ0v) is 19.0. The highest BCUT2D eigenvalue weighted by Crippen LogP contribution is 2.31. The lowest BCUT2D eigenvalue weighted by atomic mass is 10.2. The summed E-state index contributed by atoms with van der Waals surface area (Å²) in [5.74, 6) is 1.78. The van der Waals surface area contributed by atoms with Crippen LogP contribution >= 0.6 is 23.1 Å². The Bertz CT molecular complexity index is 1150. The molecule has 0 spiro atoms. The zero-order chi connectivity index (χ0) is 21.6. The Morgan fingerprint density at radius 1 is 1.23 bits per heavy atom. The molecule has 0 radical (unpaired) electrons. The van der Waals surface area contributed by atoms with Gasteiger partial charge in [0.2, 0.25) is 5.82 Å². The van der Waals surface area contributed by atoms with Crippen LogP contribution in [0.3, 0.4) is 0 Å². The number of carbonyl (C=O) groups is 1. The van der Waals surface area contributed by atoms with Crippen LogP contribution in [0.15, 0.2) is 57.6 Å². The van der Waals surface area contributed by atoms with Crippen molar-refractivity contribution in [2.24, 2.45) is 0 Å². The lowest BCUT2D eigenvalue weighted by Crippen LogP contribution is -2.24. The summed E-state index contributed by atoms with van der Waals surface area (Å²) in [4.78, 5) is 16.7. The number of aromatic nitrogens is 4. The molecular formula is C22H23N5O2S2. The minimum absolute atomic E-state index is 0.121. The molecule has 0 saturated carbocycles. The summed E-state index contributed by atoms with van der Waals surface area (Å²) in [5.41, 5.74) is 2.57. The highest BCUT2D eigenvalue weighted by molar-refractivity contribution is 7.98. The predicted octanol–water partition coefficient (Wildman–Crippen LogP) is 5.11. The van der Waals surface area contributed by atoms with E-state index < -0.39 is 0 Å². The van der Waals surface area contributed by atoms with Crippen molar-refractivity contribution < 1.29 is 9.21 Å². The maximum absolute atomic E-state index is 12.2. The average Bonchev–Trinajstić information content (AvgIpc) is 3.53. The molecule has 9 heteroatoms. The van der Waals surface area contributed by atoms with Crippen molar-refractivity contribution in [3.05, 3.63) is 64.3 Å². The van der Waals surface area contributed by atoms with E-state index in [-0.39, 0.29) is 5.91 Å². The summed E-state index contributed by atoms with van der Waals surface area (Å²) in [6, 6.07) is 11.8. The highest BCUT2D eigenvalue weighted by atomic mass is 32.2. The molecule has 0 aliphatic carbocycles. The van der Waals surface area contributed by atoms with E-state index in [9.17, 15) is 4.79 Å². The maximum Gasteiger partial charge on any atom is 0.270 e. The molecule has 4 aromatic rings. The summed E-state index contributed by atoms with van der Waals surface area (Å²) >= 11 is 3.01. The maximum atomic E-state index is 12.2. The third-order valence-corrected chi connectivity index (χ3v) is 6.63. The second kappa shape index (κ2) is 9.93. The number of thioether (sulfide) groups is 1. The smallest absolute Gasteiger partial charge is 0.270 e. The van der Waals surface area contributed by atoms with Gasteiger partial charge in [-0.3, -0.25) is 9.36 Å². The second-order valence-electron chi connectivity index (χ2n) is 6.93. The molecule has 1 amide bonds. The van der Waals surface area contributed by atoms with Gasteiger partial charge in [-0.05, 0) is 37.1 Å². The Hall–Kier alpha value is -2.91. The molecule has 1 aromatic carbocycles. The van der Waals surface area contributed by atoms with Crippen molar-refractivity contribution in [2.75, 3.05) is 6.54 Å². The van der Waals surface area contributed by atoms with E-state index in [0.29, 0.717) is 29.6 Å². The molecule has 0 aliphatic rings. The molecule has 3 aromatic heterocycles. The van der Waals surface area contributed by atoms with Gasteiger partial charge in [0.05, 0.1) is 17.7 Å². The van der Waals surface area contributed by atoms with E-state index in [1.165, 1.54) is 23.1 Å². The van der Waals surface area contributed by atoms with Gasteiger partial charge in [0.25, 0.3) is 5.91 Å². The SMILES string of the molecule is CCCCNC(=O)c1csc(CSc2nnc(-c3ccco3)n2-c2ccccc2C)n1. The van der Waals surface area contributed by atoms with Gasteiger partial charge >= 0.3 is 0 Å². The largest absolute Gasteiger partial charge is 0.461 e. The predicted molar refractivity (Wildman–Crippen MR) is 123 cm³/mol. The summed E-state index contributed by atoms with van der Waals surface area (Å²) in [6.45, 7) is 4.82. The number of benzene rings is 1. The van der Waals surface area contributed by atoms with Crippen molar-refractivity contribution in [3.63, 3.8) is 0 Å². The Labute approximate surface area is 188 Å². The van der Waals surface area contributed by atoms with Gasteiger partial charge in [-0.1, -0.05) is 43.3 Å². The van der Waals surface area contributed by atoms with Crippen LogP contribution in [-0.2, 0) is 5.75 Å². The molecule has 0 saturated heterocycles. The number of furan rings is 1. The number of para-hydroxylation sites is 1. The summed E-state index contributed by atoms with van der Waals surface area (Å²) in [5, 5.41) is 15.1. The monoisotopic (exact) mass is 453 g/mol. The minimum atomic E-state index is -0.121. The number of rotatable bonds is 9. The van der Waals surface area contributed by atoms with Crippen LogP contribution in [0.5, 0.6) is 0 Å². The molecule has 7 nitrogen and oxygen atoms in total. The number of aryl methyl sites for hydroxylation is 1. The molecule has 0 unspecified atom stereocenters. The van der Waals surface area contributed by atoms with Crippen molar-refractivity contribution in [1.29, 1.82) is 0 Å². The highest BCUT2D eigenvalue weighted by Gasteiger charge is 2.20. The van der Waals surface area contributed by atoms with E-state index in [1.807, 2.05) is 34.9 Å². The van der Waals surface area contributed by atoms with E-state index in [2.05, 4.69) is 40.4 Å². The minimum Gasteiger partial charge on any atom is -0.461 e. The topological polar surface area (TPSA) is 85.8 Å². The zero-order valence-electron chi connectivity index (χ0n) is 17.4. The van der Waals surface area contributed by atoms with Crippen LogP contribution in [0.25, 0.3) is 17.3 Å². The molecular weight excluding hydrogens is 430 g/mol. The first-order valence-electron chi connectivity index (χ1n) is 10.1. The summed E-state index contributed by atoms with van der Waals surface area (Å²) < 4.78 is 7.59. The molecule has 0 fully saturated rings. The number of hydrogen-bond donors (Lipinski definition) is 1. The number of unbranched alkanes of at least 4 members (excludes halogenated alkanes) is 1. The number of nitrogens with zero attached hydrogens (tertiary/aromatic N) is 4. The van der Waals surface area contributed by atoms with Gasteiger partial charge in [-0.15, -0.1) is 21.5 Å². The summed E-state index contributed by atoms with van der Waals surface area (Å²) in [7, 11) is 0. The molecule has 0 bridgehead atoms. The molecule has 4 rings (SSSR count). The average molecular weight is 454 g/mol. The van der Waals surface area contributed by atoms with Crippen molar-refractivity contribution >= 4 is 29.0 Å². The van der Waals surface area contributed by atoms with Crippen molar-refractivity contribution in [2.45, 2.75) is 37.6 Å². The number of carbonyl (C=O) groups excluding carboxylic acids is 1. The first-order chi connectivity index (χ1) is 15.2. The van der Waals surface area contributed by atoms with Crippen LogP contribution in [0.2, 0.25) is 0 Å².